The molecule has 0 saturated carbocycles. The highest BCUT2D eigenvalue weighted by Gasteiger charge is 2.33. The van der Waals surface area contributed by atoms with Crippen LogP contribution in [0, 0.1) is 12.3 Å². The zero-order valence-corrected chi connectivity index (χ0v) is 16.4. The molecule has 1 aliphatic heterocycles. The lowest BCUT2D eigenvalue weighted by molar-refractivity contribution is -0.118. The van der Waals surface area contributed by atoms with Crippen molar-refractivity contribution in [3.8, 4) is 0 Å². The van der Waals surface area contributed by atoms with Gasteiger partial charge in [-0.05, 0) is 36.5 Å². The molecule has 1 aromatic rings. The molecule has 1 atom stereocenters. The van der Waals surface area contributed by atoms with Crippen molar-refractivity contribution < 1.29 is 13.2 Å². The number of sulfonamides is 1. The van der Waals surface area contributed by atoms with Gasteiger partial charge in [0.2, 0.25) is 15.9 Å². The van der Waals surface area contributed by atoms with E-state index in [1.807, 2.05) is 0 Å². The second-order valence-electron chi connectivity index (χ2n) is 7.16. The summed E-state index contributed by atoms with van der Waals surface area (Å²) in [5.74, 6) is -0.184. The number of piperidine rings is 1. The van der Waals surface area contributed by atoms with Crippen LogP contribution < -0.4 is 16.2 Å². The van der Waals surface area contributed by atoms with Crippen LogP contribution in [0.25, 0.3) is 0 Å². The molecule has 7 nitrogen and oxygen atoms in total. The van der Waals surface area contributed by atoms with Gasteiger partial charge < -0.3 is 11.1 Å². The second-order valence-corrected chi connectivity index (χ2v) is 8.73. The van der Waals surface area contributed by atoms with Gasteiger partial charge in [-0.15, -0.1) is 12.4 Å². The third-order valence-electron chi connectivity index (χ3n) is 4.57. The number of rotatable bonds is 4. The molecule has 1 aliphatic rings. The number of likely N-dealkylation sites (tertiary alicyclic amines) is 1. The number of amides is 1. The second kappa shape index (κ2) is 8.01. The quantitative estimate of drug-likeness (QED) is 0.710. The molecule has 1 amide bonds. The maximum Gasteiger partial charge on any atom is 0.238 e. The number of benzene rings is 1. The molecule has 1 heterocycles. The van der Waals surface area contributed by atoms with Crippen molar-refractivity contribution in [3.05, 3.63) is 23.8 Å². The van der Waals surface area contributed by atoms with E-state index in [1.165, 1.54) is 12.1 Å². The van der Waals surface area contributed by atoms with Gasteiger partial charge in [0.05, 0.1) is 11.4 Å². The van der Waals surface area contributed by atoms with E-state index in [1.54, 1.807) is 13.0 Å². The zero-order chi connectivity index (χ0) is 18.1. The van der Waals surface area contributed by atoms with Gasteiger partial charge in [-0.25, -0.2) is 13.6 Å². The topological polar surface area (TPSA) is 119 Å². The van der Waals surface area contributed by atoms with Gasteiger partial charge in [0.15, 0.2) is 0 Å². The van der Waals surface area contributed by atoms with Crippen LogP contribution >= 0.6 is 12.4 Å². The van der Waals surface area contributed by atoms with Gasteiger partial charge in [0, 0.05) is 24.8 Å². The van der Waals surface area contributed by atoms with Crippen molar-refractivity contribution in [2.45, 2.75) is 38.1 Å². The highest BCUT2D eigenvalue weighted by molar-refractivity contribution is 7.89. The first-order valence-electron chi connectivity index (χ1n) is 7.90. The van der Waals surface area contributed by atoms with E-state index in [0.29, 0.717) is 5.69 Å². The SMILES string of the molecule is Cc1ccc(S(N)(=O)=O)cc1NC(=O)CN1CCC(N)C(C)(C)C1.Cl. The Balaban J connectivity index is 0.00000312. The molecule has 2 rings (SSSR count). The minimum absolute atomic E-state index is 0. The fourth-order valence-electron chi connectivity index (χ4n) is 2.93. The van der Waals surface area contributed by atoms with Crippen LogP contribution in [0.3, 0.4) is 0 Å². The van der Waals surface area contributed by atoms with Gasteiger partial charge in [-0.1, -0.05) is 19.9 Å². The molecule has 0 aliphatic carbocycles. The van der Waals surface area contributed by atoms with Gasteiger partial charge in [-0.3, -0.25) is 9.69 Å². The number of halogens is 1. The zero-order valence-electron chi connectivity index (χ0n) is 14.8. The molecule has 1 fully saturated rings. The Morgan fingerprint density at radius 1 is 1.40 bits per heavy atom. The normalized spacial score (nSPS) is 20.6. The predicted octanol–water partition coefficient (Wildman–Crippen LogP) is 1.06. The summed E-state index contributed by atoms with van der Waals surface area (Å²) in [5.41, 5.74) is 7.30. The molecule has 142 valence electrons. The largest absolute Gasteiger partial charge is 0.327 e. The Kier molecular flexibility index (Phi) is 7.00. The summed E-state index contributed by atoms with van der Waals surface area (Å²) in [5, 5.41) is 7.91. The number of carbonyl (C=O) groups is 1. The monoisotopic (exact) mass is 390 g/mol. The number of nitrogens with one attached hydrogen (secondary N) is 1. The van der Waals surface area contributed by atoms with Crippen LogP contribution in [-0.2, 0) is 14.8 Å². The Morgan fingerprint density at radius 3 is 2.60 bits per heavy atom. The summed E-state index contributed by atoms with van der Waals surface area (Å²) < 4.78 is 22.9. The maximum absolute atomic E-state index is 12.3. The summed E-state index contributed by atoms with van der Waals surface area (Å²) in [6.07, 6.45) is 0.847. The average molecular weight is 391 g/mol. The standard InChI is InChI=1S/C16H26N4O3S.ClH/c1-11-4-5-12(24(18,22)23)8-13(11)19-15(21)9-20-7-6-14(17)16(2,3)10-20;/h4-5,8,14H,6-7,9-10,17H2,1-3H3,(H,19,21)(H2,18,22,23);1H. The Labute approximate surface area is 155 Å². The van der Waals surface area contributed by atoms with Crippen LogP contribution in [0.4, 0.5) is 5.69 Å². The van der Waals surface area contributed by atoms with Crippen LogP contribution in [0.5, 0.6) is 0 Å². The number of carbonyl (C=O) groups excluding carboxylic acids is 1. The Bertz CT molecular complexity index is 737. The summed E-state index contributed by atoms with van der Waals surface area (Å²) in [6, 6.07) is 4.57. The van der Waals surface area contributed by atoms with E-state index in [4.69, 9.17) is 10.9 Å². The molecule has 1 aromatic carbocycles. The molecule has 0 bridgehead atoms. The molecule has 0 radical (unpaired) electrons. The number of hydrogen-bond acceptors (Lipinski definition) is 5. The van der Waals surface area contributed by atoms with Crippen LogP contribution in [0.15, 0.2) is 23.1 Å². The highest BCUT2D eigenvalue weighted by atomic mass is 35.5. The highest BCUT2D eigenvalue weighted by Crippen LogP contribution is 2.27. The van der Waals surface area contributed by atoms with E-state index < -0.39 is 10.0 Å². The first kappa shape index (κ1) is 21.9. The maximum atomic E-state index is 12.3. The Hall–Kier alpha value is -1.19. The van der Waals surface area contributed by atoms with Gasteiger partial charge >= 0.3 is 0 Å². The fraction of sp³-hybridized carbons (Fsp3) is 0.562. The number of hydrogen-bond donors (Lipinski definition) is 3. The molecule has 0 spiro atoms. The van der Waals surface area contributed by atoms with Crippen molar-refractivity contribution in [2.75, 3.05) is 25.0 Å². The molecular formula is C16H27ClN4O3S. The fourth-order valence-corrected chi connectivity index (χ4v) is 3.47. The molecule has 1 unspecified atom stereocenters. The summed E-state index contributed by atoms with van der Waals surface area (Å²) >= 11 is 0. The molecule has 1 saturated heterocycles. The van der Waals surface area contributed by atoms with E-state index in [9.17, 15) is 13.2 Å². The minimum Gasteiger partial charge on any atom is -0.327 e. The number of primary sulfonamides is 1. The van der Waals surface area contributed by atoms with Crippen molar-refractivity contribution >= 4 is 34.0 Å². The summed E-state index contributed by atoms with van der Waals surface area (Å²) in [7, 11) is -3.80. The average Bonchev–Trinajstić information content (AvgIpc) is 2.43. The van der Waals surface area contributed by atoms with Crippen molar-refractivity contribution in [1.29, 1.82) is 0 Å². The van der Waals surface area contributed by atoms with E-state index >= 15 is 0 Å². The smallest absolute Gasteiger partial charge is 0.238 e. The van der Waals surface area contributed by atoms with Crippen molar-refractivity contribution in [2.24, 2.45) is 16.3 Å². The van der Waals surface area contributed by atoms with Crippen molar-refractivity contribution in [1.82, 2.24) is 4.90 Å². The van der Waals surface area contributed by atoms with E-state index in [2.05, 4.69) is 24.1 Å². The minimum atomic E-state index is -3.80. The lowest BCUT2D eigenvalue weighted by atomic mass is 9.80. The number of nitrogens with zero attached hydrogens (tertiary/aromatic N) is 1. The van der Waals surface area contributed by atoms with Crippen LogP contribution in [-0.4, -0.2) is 44.9 Å². The van der Waals surface area contributed by atoms with E-state index in [0.717, 1.165) is 25.1 Å². The third kappa shape index (κ3) is 5.65. The first-order valence-corrected chi connectivity index (χ1v) is 9.45. The van der Waals surface area contributed by atoms with Gasteiger partial charge in [-0.2, -0.15) is 0 Å². The first-order chi connectivity index (χ1) is 11.0. The summed E-state index contributed by atoms with van der Waals surface area (Å²) in [6.45, 7) is 7.76. The van der Waals surface area contributed by atoms with E-state index in [-0.39, 0.29) is 41.2 Å². The number of nitrogens with two attached hydrogens (primary N) is 2. The van der Waals surface area contributed by atoms with Crippen molar-refractivity contribution in [3.63, 3.8) is 0 Å². The number of anilines is 1. The Morgan fingerprint density at radius 2 is 2.04 bits per heavy atom. The number of aryl methyl sites for hydroxylation is 1. The molecule has 25 heavy (non-hydrogen) atoms. The predicted molar refractivity (Wildman–Crippen MR) is 101 cm³/mol. The molecular weight excluding hydrogens is 364 g/mol. The van der Waals surface area contributed by atoms with Crippen LogP contribution in [0.1, 0.15) is 25.8 Å². The molecule has 9 heteroatoms. The summed E-state index contributed by atoms with van der Waals surface area (Å²) in [4.78, 5) is 14.4. The lowest BCUT2D eigenvalue weighted by Crippen LogP contribution is -2.53. The van der Waals surface area contributed by atoms with Crippen LogP contribution in [0.2, 0.25) is 0 Å². The van der Waals surface area contributed by atoms with Gasteiger partial charge in [0.25, 0.3) is 0 Å². The third-order valence-corrected chi connectivity index (χ3v) is 5.48. The van der Waals surface area contributed by atoms with Gasteiger partial charge in [0.1, 0.15) is 0 Å². The molecule has 5 N–H and O–H groups in total. The lowest BCUT2D eigenvalue weighted by Gasteiger charge is -2.42. The molecule has 0 aromatic heterocycles.